The highest BCUT2D eigenvalue weighted by Gasteiger charge is 2.22. The molecule has 0 saturated heterocycles. The van der Waals surface area contributed by atoms with E-state index in [0.29, 0.717) is 10.2 Å². The van der Waals surface area contributed by atoms with Crippen LogP contribution in [0.25, 0.3) is 0 Å². The summed E-state index contributed by atoms with van der Waals surface area (Å²) in [6.07, 6.45) is 1.71. The minimum atomic E-state index is -0.451. The molecule has 0 spiro atoms. The van der Waals surface area contributed by atoms with Crippen LogP contribution < -0.4 is 0 Å². The molecule has 5 heteroatoms. The normalized spacial score (nSPS) is 12.2. The number of nitrogens with zero attached hydrogens (tertiary/aromatic N) is 1. The summed E-state index contributed by atoms with van der Waals surface area (Å²) in [5.41, 5.74) is 2.14. The van der Waals surface area contributed by atoms with Crippen LogP contribution >= 0.6 is 27.7 Å². The van der Waals surface area contributed by atoms with Gasteiger partial charge in [0.15, 0.2) is 0 Å². The molecule has 24 heavy (non-hydrogen) atoms. The monoisotopic (exact) mass is 405 g/mol. The van der Waals surface area contributed by atoms with E-state index < -0.39 is 11.6 Å². The van der Waals surface area contributed by atoms with Crippen molar-refractivity contribution in [3.8, 4) is 0 Å². The zero-order valence-corrected chi connectivity index (χ0v) is 15.2. The van der Waals surface area contributed by atoms with Gasteiger partial charge in [0.1, 0.15) is 16.2 Å². The molecule has 0 radical (unpaired) electrons. The molecule has 0 N–H and O–H groups in total. The van der Waals surface area contributed by atoms with E-state index in [-0.39, 0.29) is 5.25 Å². The molecule has 0 aliphatic rings. The Labute approximate surface area is 152 Å². The average Bonchev–Trinajstić information content (AvgIpc) is 2.57. The molecular formula is C19H14BrF2NS. The molecule has 0 bridgehead atoms. The van der Waals surface area contributed by atoms with Crippen LogP contribution in [-0.2, 0) is 0 Å². The summed E-state index contributed by atoms with van der Waals surface area (Å²) in [4.78, 5) is 5.25. The summed E-state index contributed by atoms with van der Waals surface area (Å²) in [7, 11) is 0. The van der Waals surface area contributed by atoms with Crippen molar-refractivity contribution in [1.82, 2.24) is 4.98 Å². The first-order valence-corrected chi connectivity index (χ1v) is 9.00. The van der Waals surface area contributed by atoms with Crippen LogP contribution in [0.1, 0.15) is 21.9 Å². The van der Waals surface area contributed by atoms with E-state index in [1.165, 1.54) is 23.9 Å². The molecule has 0 saturated carbocycles. The van der Waals surface area contributed by atoms with Crippen LogP contribution in [0.5, 0.6) is 0 Å². The maximum Gasteiger partial charge on any atom is 0.128 e. The molecule has 1 heterocycles. The van der Waals surface area contributed by atoms with E-state index in [4.69, 9.17) is 0 Å². The molecule has 0 aliphatic heterocycles. The Balaban J connectivity index is 2.11. The number of thioether (sulfide) groups is 1. The maximum atomic E-state index is 14.4. The Morgan fingerprint density at radius 3 is 2.46 bits per heavy atom. The van der Waals surface area contributed by atoms with Gasteiger partial charge in [-0.1, -0.05) is 18.2 Å². The lowest BCUT2D eigenvalue weighted by molar-refractivity contribution is 0.587. The summed E-state index contributed by atoms with van der Waals surface area (Å²) in [5, 5.41) is -0.385. The first-order chi connectivity index (χ1) is 11.5. The van der Waals surface area contributed by atoms with Crippen molar-refractivity contribution >= 4 is 27.7 Å². The maximum absolute atomic E-state index is 14.4. The van der Waals surface area contributed by atoms with Crippen molar-refractivity contribution in [2.45, 2.75) is 17.1 Å². The van der Waals surface area contributed by atoms with Crippen LogP contribution in [0.2, 0.25) is 0 Å². The Morgan fingerprint density at radius 2 is 1.75 bits per heavy atom. The number of rotatable bonds is 4. The zero-order chi connectivity index (χ0) is 17.1. The predicted molar refractivity (Wildman–Crippen MR) is 97.2 cm³/mol. The van der Waals surface area contributed by atoms with Gasteiger partial charge in [0.05, 0.1) is 5.25 Å². The second-order valence-electron chi connectivity index (χ2n) is 5.34. The fourth-order valence-electron chi connectivity index (χ4n) is 2.45. The topological polar surface area (TPSA) is 12.9 Å². The molecular weight excluding hydrogens is 392 g/mol. The van der Waals surface area contributed by atoms with Gasteiger partial charge in [-0.25, -0.2) is 13.8 Å². The Morgan fingerprint density at radius 1 is 1.00 bits per heavy atom. The Bertz CT molecular complexity index is 855. The first-order valence-electron chi connectivity index (χ1n) is 7.33. The fourth-order valence-corrected chi connectivity index (χ4v) is 4.17. The van der Waals surface area contributed by atoms with Gasteiger partial charge in [-0.15, -0.1) is 11.8 Å². The zero-order valence-electron chi connectivity index (χ0n) is 12.8. The van der Waals surface area contributed by atoms with Gasteiger partial charge in [0.2, 0.25) is 0 Å². The van der Waals surface area contributed by atoms with Crippen molar-refractivity contribution < 1.29 is 8.78 Å². The molecule has 2 aromatic carbocycles. The summed E-state index contributed by atoms with van der Waals surface area (Å²) >= 11 is 4.82. The second-order valence-corrected chi connectivity index (χ2v) is 7.33. The van der Waals surface area contributed by atoms with Gasteiger partial charge in [-0.05, 0) is 70.4 Å². The van der Waals surface area contributed by atoms with Crippen molar-refractivity contribution in [1.29, 1.82) is 0 Å². The van der Waals surface area contributed by atoms with Crippen molar-refractivity contribution in [3.63, 3.8) is 0 Å². The molecule has 1 unspecified atom stereocenters. The Hall–Kier alpha value is -1.72. The van der Waals surface area contributed by atoms with Crippen molar-refractivity contribution in [2.75, 3.05) is 0 Å². The van der Waals surface area contributed by atoms with Gasteiger partial charge >= 0.3 is 0 Å². The van der Waals surface area contributed by atoms with Gasteiger partial charge in [-0.2, -0.15) is 0 Å². The van der Waals surface area contributed by atoms with Crippen LogP contribution in [0.3, 0.4) is 0 Å². The van der Waals surface area contributed by atoms with E-state index in [0.717, 1.165) is 22.1 Å². The average molecular weight is 406 g/mol. The number of hydrogen-bond acceptors (Lipinski definition) is 2. The lowest BCUT2D eigenvalue weighted by Crippen LogP contribution is -2.04. The first kappa shape index (κ1) is 17.1. The summed E-state index contributed by atoms with van der Waals surface area (Å²) < 4.78 is 28.9. The van der Waals surface area contributed by atoms with Crippen molar-refractivity contribution in [2.24, 2.45) is 0 Å². The van der Waals surface area contributed by atoms with Gasteiger partial charge in [0, 0.05) is 16.7 Å². The van der Waals surface area contributed by atoms with E-state index in [1.54, 1.807) is 6.20 Å². The molecule has 0 fully saturated rings. The number of hydrogen-bond donors (Lipinski definition) is 0. The summed E-state index contributed by atoms with van der Waals surface area (Å²) in [6.45, 7) is 1.94. The van der Waals surface area contributed by atoms with E-state index in [1.807, 2.05) is 43.3 Å². The summed E-state index contributed by atoms with van der Waals surface area (Å²) in [5.74, 6) is -0.875. The third kappa shape index (κ3) is 3.84. The molecule has 0 amide bonds. The number of pyridine rings is 1. The van der Waals surface area contributed by atoms with E-state index in [9.17, 15) is 8.78 Å². The van der Waals surface area contributed by atoms with E-state index >= 15 is 0 Å². The third-order valence-corrected chi connectivity index (χ3v) is 5.36. The molecule has 1 nitrogen and oxygen atoms in total. The van der Waals surface area contributed by atoms with Gasteiger partial charge in [-0.3, -0.25) is 0 Å². The smallest absolute Gasteiger partial charge is 0.128 e. The van der Waals surface area contributed by atoms with Crippen LogP contribution in [0, 0.1) is 18.6 Å². The standard InChI is InChI=1S/C19H14BrF2NS/c1-12-9-18(20)23-11-16(12)19(24-14-5-3-2-4-6-14)15-10-13(21)7-8-17(15)22/h2-11,19H,1H3. The van der Waals surface area contributed by atoms with Gasteiger partial charge < -0.3 is 0 Å². The highest BCUT2D eigenvalue weighted by Crippen LogP contribution is 2.42. The summed E-state index contributed by atoms with van der Waals surface area (Å²) in [6, 6.07) is 15.1. The van der Waals surface area contributed by atoms with Crippen molar-refractivity contribution in [3.05, 3.63) is 93.7 Å². The third-order valence-electron chi connectivity index (χ3n) is 3.64. The SMILES string of the molecule is Cc1cc(Br)ncc1C(Sc1ccccc1)c1cc(F)ccc1F. The molecule has 0 aliphatic carbocycles. The highest BCUT2D eigenvalue weighted by molar-refractivity contribution is 9.10. The minimum Gasteiger partial charge on any atom is -0.249 e. The number of halogens is 3. The highest BCUT2D eigenvalue weighted by atomic mass is 79.9. The van der Waals surface area contributed by atoms with Crippen LogP contribution in [-0.4, -0.2) is 4.98 Å². The lowest BCUT2D eigenvalue weighted by atomic mass is 10.0. The lowest BCUT2D eigenvalue weighted by Gasteiger charge is -2.20. The minimum absolute atomic E-state index is 0.316. The molecule has 3 rings (SSSR count). The Kier molecular flexibility index (Phi) is 5.31. The fraction of sp³-hybridized carbons (Fsp3) is 0.105. The van der Waals surface area contributed by atoms with Gasteiger partial charge in [0.25, 0.3) is 0 Å². The molecule has 1 aromatic heterocycles. The number of benzene rings is 2. The van der Waals surface area contributed by atoms with E-state index in [2.05, 4.69) is 20.9 Å². The number of aryl methyl sites for hydroxylation is 1. The quantitative estimate of drug-likeness (QED) is 0.372. The van der Waals surface area contributed by atoms with Crippen LogP contribution in [0.15, 0.2) is 70.3 Å². The molecule has 1 atom stereocenters. The number of aromatic nitrogens is 1. The second kappa shape index (κ2) is 7.45. The predicted octanol–water partition coefficient (Wildman–Crippen LogP) is 6.31. The van der Waals surface area contributed by atoms with Crippen LogP contribution in [0.4, 0.5) is 8.78 Å². The largest absolute Gasteiger partial charge is 0.249 e. The molecule has 122 valence electrons. The molecule has 3 aromatic rings.